The van der Waals surface area contributed by atoms with Crippen molar-refractivity contribution in [2.75, 3.05) is 25.5 Å². The second-order valence-electron chi connectivity index (χ2n) is 4.87. The lowest BCUT2D eigenvalue weighted by molar-refractivity contribution is -0.121. The van der Waals surface area contributed by atoms with Crippen LogP contribution >= 0.6 is 0 Å². The number of carbonyl (C=O) groups excluding carboxylic acids is 1. The van der Waals surface area contributed by atoms with Gasteiger partial charge in [0.15, 0.2) is 0 Å². The summed E-state index contributed by atoms with van der Waals surface area (Å²) < 4.78 is 5.37. The first kappa shape index (κ1) is 12.9. The highest BCUT2D eigenvalue weighted by molar-refractivity contribution is 5.94. The number of methoxy groups -OCH3 is 1. The third kappa shape index (κ3) is 2.20. The molecule has 0 aliphatic carbocycles. The predicted octanol–water partition coefficient (Wildman–Crippen LogP) is 1.78. The van der Waals surface area contributed by atoms with Gasteiger partial charge in [-0.1, -0.05) is 0 Å². The largest absolute Gasteiger partial charge is 0.496 e. The van der Waals surface area contributed by atoms with Gasteiger partial charge in [-0.3, -0.25) is 4.79 Å². The molecular weight excluding hydrogens is 228 g/mol. The zero-order valence-corrected chi connectivity index (χ0v) is 11.4. The van der Waals surface area contributed by atoms with Crippen LogP contribution in [0.3, 0.4) is 0 Å². The Morgan fingerprint density at radius 3 is 2.50 bits per heavy atom. The van der Waals surface area contributed by atoms with Gasteiger partial charge in [0.2, 0.25) is 5.91 Å². The number of amides is 1. The highest BCUT2D eigenvalue weighted by Crippen LogP contribution is 2.31. The van der Waals surface area contributed by atoms with Crippen LogP contribution in [0.1, 0.15) is 16.7 Å². The van der Waals surface area contributed by atoms with Gasteiger partial charge in [0.25, 0.3) is 0 Å². The Hall–Kier alpha value is -1.55. The Morgan fingerprint density at radius 1 is 1.33 bits per heavy atom. The van der Waals surface area contributed by atoms with Crippen LogP contribution < -0.4 is 15.4 Å². The highest BCUT2D eigenvalue weighted by Gasteiger charge is 2.25. The molecule has 0 unspecified atom stereocenters. The Morgan fingerprint density at radius 2 is 2.00 bits per heavy atom. The number of benzene rings is 1. The number of hydrogen-bond donors (Lipinski definition) is 2. The minimum Gasteiger partial charge on any atom is -0.496 e. The van der Waals surface area contributed by atoms with E-state index in [1.807, 2.05) is 26.8 Å². The summed E-state index contributed by atoms with van der Waals surface area (Å²) in [6.07, 6.45) is 0. The normalized spacial score (nSPS) is 15.1. The first-order chi connectivity index (χ1) is 8.54. The van der Waals surface area contributed by atoms with Crippen molar-refractivity contribution < 1.29 is 9.53 Å². The molecule has 1 aliphatic heterocycles. The minimum atomic E-state index is 0.0980. The highest BCUT2D eigenvalue weighted by atomic mass is 16.5. The van der Waals surface area contributed by atoms with Gasteiger partial charge in [0.1, 0.15) is 5.75 Å². The maximum atomic E-state index is 11.9. The van der Waals surface area contributed by atoms with E-state index in [-0.39, 0.29) is 11.8 Å². The number of hydrogen-bond acceptors (Lipinski definition) is 3. The third-order valence-corrected chi connectivity index (χ3v) is 3.64. The van der Waals surface area contributed by atoms with E-state index in [2.05, 4.69) is 10.6 Å². The molecule has 2 N–H and O–H groups in total. The molecule has 1 fully saturated rings. The molecular formula is C14H20N2O2. The van der Waals surface area contributed by atoms with E-state index in [0.717, 1.165) is 41.2 Å². The molecule has 1 aromatic carbocycles. The second kappa shape index (κ2) is 4.98. The van der Waals surface area contributed by atoms with Crippen molar-refractivity contribution in [3.8, 4) is 5.75 Å². The maximum Gasteiger partial charge on any atom is 0.230 e. The van der Waals surface area contributed by atoms with E-state index in [4.69, 9.17) is 4.74 Å². The standard InChI is InChI=1S/C14H20N2O2/c1-8-5-12(9(2)10(3)13(8)18-4)16-14(17)11-6-15-7-11/h5,11,15H,6-7H2,1-4H3,(H,16,17). The minimum absolute atomic E-state index is 0.0980. The van der Waals surface area contributed by atoms with Crippen molar-refractivity contribution in [3.05, 3.63) is 22.8 Å². The Kier molecular flexibility index (Phi) is 3.57. The van der Waals surface area contributed by atoms with Crippen molar-refractivity contribution in [1.82, 2.24) is 5.32 Å². The van der Waals surface area contributed by atoms with Crippen molar-refractivity contribution in [2.24, 2.45) is 5.92 Å². The van der Waals surface area contributed by atoms with Gasteiger partial charge in [-0.2, -0.15) is 0 Å². The number of rotatable bonds is 3. The molecule has 4 nitrogen and oxygen atoms in total. The van der Waals surface area contributed by atoms with Gasteiger partial charge in [-0.05, 0) is 43.5 Å². The molecule has 1 saturated heterocycles. The van der Waals surface area contributed by atoms with Gasteiger partial charge in [0, 0.05) is 18.8 Å². The van der Waals surface area contributed by atoms with Crippen LogP contribution in [0.5, 0.6) is 5.75 Å². The quantitative estimate of drug-likeness (QED) is 0.857. The van der Waals surface area contributed by atoms with E-state index in [1.54, 1.807) is 7.11 Å². The van der Waals surface area contributed by atoms with E-state index in [9.17, 15) is 4.79 Å². The summed E-state index contributed by atoms with van der Waals surface area (Å²) in [6, 6.07) is 1.98. The summed E-state index contributed by atoms with van der Waals surface area (Å²) >= 11 is 0. The fourth-order valence-corrected chi connectivity index (χ4v) is 2.21. The Labute approximate surface area is 108 Å². The summed E-state index contributed by atoms with van der Waals surface area (Å²) in [6.45, 7) is 7.57. The average Bonchev–Trinajstić information content (AvgIpc) is 2.23. The summed E-state index contributed by atoms with van der Waals surface area (Å²) in [5.41, 5.74) is 4.09. The average molecular weight is 248 g/mol. The lowest BCUT2D eigenvalue weighted by Gasteiger charge is -2.26. The molecule has 0 aromatic heterocycles. The molecule has 1 amide bonds. The summed E-state index contributed by atoms with van der Waals surface area (Å²) in [4.78, 5) is 11.9. The van der Waals surface area contributed by atoms with Crippen molar-refractivity contribution in [3.63, 3.8) is 0 Å². The van der Waals surface area contributed by atoms with Crippen LogP contribution in [0.25, 0.3) is 0 Å². The molecule has 0 spiro atoms. The Balaban J connectivity index is 2.25. The fourth-order valence-electron chi connectivity index (χ4n) is 2.21. The number of carbonyl (C=O) groups is 1. The smallest absolute Gasteiger partial charge is 0.230 e. The monoisotopic (exact) mass is 248 g/mol. The van der Waals surface area contributed by atoms with Crippen LogP contribution in [0.2, 0.25) is 0 Å². The van der Waals surface area contributed by atoms with Crippen LogP contribution in [0, 0.1) is 26.7 Å². The maximum absolute atomic E-state index is 11.9. The lowest BCUT2D eigenvalue weighted by Crippen LogP contribution is -2.48. The molecule has 0 bridgehead atoms. The van der Waals surface area contributed by atoms with E-state index < -0.39 is 0 Å². The Bertz CT molecular complexity index is 479. The number of anilines is 1. The lowest BCUT2D eigenvalue weighted by atomic mass is 10.00. The molecule has 4 heteroatoms. The van der Waals surface area contributed by atoms with Crippen molar-refractivity contribution in [1.29, 1.82) is 0 Å². The SMILES string of the molecule is COc1c(C)cc(NC(=O)C2CNC2)c(C)c1C. The van der Waals surface area contributed by atoms with E-state index in [0.29, 0.717) is 0 Å². The van der Waals surface area contributed by atoms with Crippen molar-refractivity contribution in [2.45, 2.75) is 20.8 Å². The molecule has 18 heavy (non-hydrogen) atoms. The van der Waals surface area contributed by atoms with Gasteiger partial charge >= 0.3 is 0 Å². The summed E-state index contributed by atoms with van der Waals surface area (Å²) in [5.74, 6) is 1.10. The van der Waals surface area contributed by atoms with Gasteiger partial charge < -0.3 is 15.4 Å². The zero-order valence-electron chi connectivity index (χ0n) is 11.4. The third-order valence-electron chi connectivity index (χ3n) is 3.64. The van der Waals surface area contributed by atoms with E-state index in [1.165, 1.54) is 0 Å². The molecule has 1 aliphatic rings. The molecule has 0 radical (unpaired) electrons. The van der Waals surface area contributed by atoms with Crippen LogP contribution in [0.15, 0.2) is 6.07 Å². The molecule has 2 rings (SSSR count). The van der Waals surface area contributed by atoms with Crippen LogP contribution in [-0.4, -0.2) is 26.1 Å². The van der Waals surface area contributed by atoms with Gasteiger partial charge in [0.05, 0.1) is 13.0 Å². The summed E-state index contributed by atoms with van der Waals surface area (Å²) in [7, 11) is 1.67. The summed E-state index contributed by atoms with van der Waals surface area (Å²) in [5, 5.41) is 6.11. The first-order valence-electron chi connectivity index (χ1n) is 6.21. The fraction of sp³-hybridized carbons (Fsp3) is 0.500. The zero-order chi connectivity index (χ0) is 13.3. The van der Waals surface area contributed by atoms with Crippen molar-refractivity contribution >= 4 is 11.6 Å². The topological polar surface area (TPSA) is 50.4 Å². The van der Waals surface area contributed by atoms with Gasteiger partial charge in [-0.25, -0.2) is 0 Å². The first-order valence-corrected chi connectivity index (χ1v) is 6.21. The van der Waals surface area contributed by atoms with Crippen LogP contribution in [0.4, 0.5) is 5.69 Å². The molecule has 0 saturated carbocycles. The molecule has 1 aromatic rings. The van der Waals surface area contributed by atoms with E-state index >= 15 is 0 Å². The number of aryl methyl sites for hydroxylation is 1. The number of ether oxygens (including phenoxy) is 1. The second-order valence-corrected chi connectivity index (χ2v) is 4.87. The molecule has 1 heterocycles. The molecule has 98 valence electrons. The van der Waals surface area contributed by atoms with Crippen LogP contribution in [-0.2, 0) is 4.79 Å². The number of nitrogens with one attached hydrogen (secondary N) is 2. The molecule has 0 atom stereocenters. The van der Waals surface area contributed by atoms with Gasteiger partial charge in [-0.15, -0.1) is 0 Å². The predicted molar refractivity (Wildman–Crippen MR) is 72.2 cm³/mol.